The maximum Gasteiger partial charge on any atom is 0.205 e. The van der Waals surface area contributed by atoms with E-state index in [2.05, 4.69) is 4.99 Å². The van der Waals surface area contributed by atoms with Crippen molar-refractivity contribution in [2.45, 2.75) is 38.2 Å². The molecular formula is C16H18N2O2. The number of aromatic hydroxyl groups is 1. The van der Waals surface area contributed by atoms with Crippen LogP contribution in [-0.4, -0.2) is 24.0 Å². The van der Waals surface area contributed by atoms with Gasteiger partial charge in [0.1, 0.15) is 5.75 Å². The van der Waals surface area contributed by atoms with Gasteiger partial charge in [0.05, 0.1) is 11.8 Å². The summed E-state index contributed by atoms with van der Waals surface area (Å²) in [5.41, 5.74) is 2.96. The molecule has 2 aliphatic rings. The zero-order valence-corrected chi connectivity index (χ0v) is 11.6. The number of hydrogen-bond acceptors (Lipinski definition) is 4. The van der Waals surface area contributed by atoms with Gasteiger partial charge < -0.3 is 9.84 Å². The number of hydrogen-bond donors (Lipinski definition) is 1. The van der Waals surface area contributed by atoms with Crippen LogP contribution >= 0.6 is 0 Å². The highest BCUT2D eigenvalue weighted by Crippen LogP contribution is 2.48. The van der Waals surface area contributed by atoms with Crippen LogP contribution in [0.5, 0.6) is 5.75 Å². The van der Waals surface area contributed by atoms with Gasteiger partial charge in [-0.1, -0.05) is 6.07 Å². The standard InChI is InChI=1S/C16H18N2O2/c1-20-13-4-6-16(7-5-13)9-11-2-3-12(19)8-14(11)15(16)18-10-17/h2-3,8,13,19H,4-7,9H2,1H3. The van der Waals surface area contributed by atoms with Gasteiger partial charge in [-0.15, -0.1) is 0 Å². The van der Waals surface area contributed by atoms with Crippen molar-refractivity contribution in [1.82, 2.24) is 0 Å². The summed E-state index contributed by atoms with van der Waals surface area (Å²) in [4.78, 5) is 4.10. The van der Waals surface area contributed by atoms with Crippen LogP contribution in [-0.2, 0) is 11.2 Å². The molecule has 1 aromatic rings. The molecule has 0 saturated heterocycles. The lowest BCUT2D eigenvalue weighted by atomic mass is 9.70. The summed E-state index contributed by atoms with van der Waals surface area (Å²) in [5.74, 6) is 0.233. The summed E-state index contributed by atoms with van der Waals surface area (Å²) in [6, 6.07) is 5.40. The van der Waals surface area contributed by atoms with Crippen LogP contribution in [0.2, 0.25) is 0 Å². The Kier molecular flexibility index (Phi) is 3.23. The monoisotopic (exact) mass is 270 g/mol. The maximum absolute atomic E-state index is 9.69. The molecule has 20 heavy (non-hydrogen) atoms. The van der Waals surface area contributed by atoms with E-state index in [0.717, 1.165) is 43.4 Å². The molecule has 1 fully saturated rings. The molecule has 1 saturated carbocycles. The van der Waals surface area contributed by atoms with E-state index in [1.165, 1.54) is 5.56 Å². The highest BCUT2D eigenvalue weighted by atomic mass is 16.5. The minimum absolute atomic E-state index is 0.0408. The third-order valence-corrected chi connectivity index (χ3v) is 4.76. The second-order valence-electron chi connectivity index (χ2n) is 5.79. The van der Waals surface area contributed by atoms with E-state index < -0.39 is 0 Å². The molecular weight excluding hydrogens is 252 g/mol. The van der Waals surface area contributed by atoms with Crippen LogP contribution in [0, 0.1) is 16.9 Å². The van der Waals surface area contributed by atoms with Gasteiger partial charge in [-0.2, -0.15) is 10.3 Å². The maximum atomic E-state index is 9.69. The first-order valence-electron chi connectivity index (χ1n) is 7.01. The molecule has 0 amide bonds. The topological polar surface area (TPSA) is 65.6 Å². The van der Waals surface area contributed by atoms with E-state index in [9.17, 15) is 5.11 Å². The van der Waals surface area contributed by atoms with E-state index in [1.807, 2.05) is 12.3 Å². The number of nitrogens with zero attached hydrogens (tertiary/aromatic N) is 2. The molecule has 2 aliphatic carbocycles. The van der Waals surface area contributed by atoms with Crippen molar-refractivity contribution in [2.75, 3.05) is 7.11 Å². The van der Waals surface area contributed by atoms with Crippen molar-refractivity contribution in [3.63, 3.8) is 0 Å². The highest BCUT2D eigenvalue weighted by molar-refractivity contribution is 6.09. The number of rotatable bonds is 1. The predicted molar refractivity (Wildman–Crippen MR) is 75.7 cm³/mol. The number of fused-ring (bicyclic) bond motifs is 1. The molecule has 3 rings (SSSR count). The summed E-state index contributed by atoms with van der Waals surface area (Å²) in [7, 11) is 1.76. The third kappa shape index (κ3) is 1.99. The van der Waals surface area contributed by atoms with E-state index in [1.54, 1.807) is 19.2 Å². The lowest BCUT2D eigenvalue weighted by Gasteiger charge is -2.36. The SMILES string of the molecule is COC1CCC2(CC1)Cc1ccc(O)cc1C2=NC#N. The van der Waals surface area contributed by atoms with Crippen molar-refractivity contribution in [3.8, 4) is 11.9 Å². The first-order valence-corrected chi connectivity index (χ1v) is 7.01. The quantitative estimate of drug-likeness (QED) is 0.798. The van der Waals surface area contributed by atoms with E-state index in [-0.39, 0.29) is 11.2 Å². The van der Waals surface area contributed by atoms with Crippen molar-refractivity contribution in [1.29, 1.82) is 5.26 Å². The minimum atomic E-state index is -0.0408. The second-order valence-corrected chi connectivity index (χ2v) is 5.79. The van der Waals surface area contributed by atoms with Crippen molar-refractivity contribution in [3.05, 3.63) is 29.3 Å². The molecule has 0 aliphatic heterocycles. The summed E-state index contributed by atoms with van der Waals surface area (Å²) >= 11 is 0. The molecule has 1 spiro atoms. The van der Waals surface area contributed by atoms with Crippen LogP contribution in [0.4, 0.5) is 0 Å². The summed E-state index contributed by atoms with van der Waals surface area (Å²) in [6.45, 7) is 0. The Balaban J connectivity index is 1.99. The minimum Gasteiger partial charge on any atom is -0.508 e. The van der Waals surface area contributed by atoms with E-state index in [4.69, 9.17) is 10.00 Å². The normalized spacial score (nSPS) is 30.4. The van der Waals surface area contributed by atoms with Crippen LogP contribution in [0.25, 0.3) is 0 Å². The predicted octanol–water partition coefficient (Wildman–Crippen LogP) is 2.79. The van der Waals surface area contributed by atoms with Crippen LogP contribution in [0.3, 0.4) is 0 Å². The lowest BCUT2D eigenvalue weighted by molar-refractivity contribution is 0.0468. The average molecular weight is 270 g/mol. The van der Waals surface area contributed by atoms with Gasteiger partial charge in [-0.05, 0) is 49.8 Å². The molecule has 0 radical (unpaired) electrons. The van der Waals surface area contributed by atoms with Gasteiger partial charge in [0, 0.05) is 18.1 Å². The van der Waals surface area contributed by atoms with Crippen molar-refractivity contribution >= 4 is 5.71 Å². The number of aliphatic imine (C=N–C) groups is 1. The van der Waals surface area contributed by atoms with Crippen LogP contribution in [0.15, 0.2) is 23.2 Å². The largest absolute Gasteiger partial charge is 0.508 e. The third-order valence-electron chi connectivity index (χ3n) is 4.76. The van der Waals surface area contributed by atoms with Gasteiger partial charge >= 0.3 is 0 Å². The molecule has 0 aromatic heterocycles. The number of methoxy groups -OCH3 is 1. The molecule has 1 aromatic carbocycles. The molecule has 4 heteroatoms. The summed E-state index contributed by atoms with van der Waals surface area (Å²) in [5, 5.41) is 18.7. The molecule has 0 heterocycles. The van der Waals surface area contributed by atoms with Crippen LogP contribution < -0.4 is 0 Å². The number of nitriles is 1. The van der Waals surface area contributed by atoms with E-state index in [0.29, 0.717) is 6.10 Å². The Hall–Kier alpha value is -1.86. The summed E-state index contributed by atoms with van der Waals surface area (Å²) < 4.78 is 5.44. The highest BCUT2D eigenvalue weighted by Gasteiger charge is 2.45. The molecule has 4 nitrogen and oxygen atoms in total. The van der Waals surface area contributed by atoms with Gasteiger partial charge in [-0.3, -0.25) is 0 Å². The Morgan fingerprint density at radius 1 is 1.40 bits per heavy atom. The van der Waals surface area contributed by atoms with Crippen LogP contribution in [0.1, 0.15) is 36.8 Å². The van der Waals surface area contributed by atoms with Crippen molar-refractivity contribution in [2.24, 2.45) is 10.4 Å². The smallest absolute Gasteiger partial charge is 0.205 e. The molecule has 0 unspecified atom stereocenters. The number of ether oxygens (including phenoxy) is 1. The van der Waals surface area contributed by atoms with E-state index >= 15 is 0 Å². The number of phenolic OH excluding ortho intramolecular Hbond substituents is 1. The molecule has 1 N–H and O–H groups in total. The van der Waals surface area contributed by atoms with Crippen molar-refractivity contribution < 1.29 is 9.84 Å². The fraction of sp³-hybridized carbons (Fsp3) is 0.500. The van der Waals surface area contributed by atoms with Gasteiger partial charge in [-0.25, -0.2) is 0 Å². The second kappa shape index (κ2) is 4.92. The fourth-order valence-electron chi connectivity index (χ4n) is 3.69. The Labute approximate surface area is 118 Å². The fourth-order valence-corrected chi connectivity index (χ4v) is 3.69. The Bertz CT molecular complexity index is 593. The Morgan fingerprint density at radius 3 is 2.80 bits per heavy atom. The molecule has 104 valence electrons. The van der Waals surface area contributed by atoms with Gasteiger partial charge in [0.25, 0.3) is 0 Å². The first-order chi connectivity index (χ1) is 9.68. The first kappa shape index (κ1) is 13.1. The summed E-state index contributed by atoms with van der Waals surface area (Å²) in [6.07, 6.45) is 7.16. The average Bonchev–Trinajstić information content (AvgIpc) is 2.74. The van der Waals surface area contributed by atoms with Gasteiger partial charge in [0.2, 0.25) is 6.19 Å². The molecule has 0 bridgehead atoms. The zero-order valence-electron chi connectivity index (χ0n) is 11.6. The number of benzene rings is 1. The molecule has 0 atom stereocenters. The Morgan fingerprint density at radius 2 is 2.15 bits per heavy atom. The lowest BCUT2D eigenvalue weighted by Crippen LogP contribution is -2.35. The van der Waals surface area contributed by atoms with Gasteiger partial charge in [0.15, 0.2) is 0 Å². The zero-order chi connectivity index (χ0) is 14.2. The number of phenols is 1.